The standard InChI is InChI=1S/C64H42N2/c1-2-20-47(21-3-1)66-61-31-13-12-24-54(61)60-42-50(40-41-62(60)66)65(48-36-32-45(33-37-48)52-29-14-18-43-16-4-6-22-51(43)52)49-38-34-46(35-39-49)63-56-25-8-10-27-58(56)64(59-28-11-9-26-57(59)63)55-30-15-19-44-17-5-7-23-53(44)55/h1-42H. The van der Waals surface area contributed by atoms with Gasteiger partial charge in [0, 0.05) is 33.5 Å². The van der Waals surface area contributed by atoms with Crippen LogP contribution in [0.15, 0.2) is 255 Å². The molecule has 0 saturated heterocycles. The van der Waals surface area contributed by atoms with Gasteiger partial charge in [0.25, 0.3) is 0 Å². The molecule has 2 nitrogen and oxygen atoms in total. The van der Waals surface area contributed by atoms with Gasteiger partial charge in [0.2, 0.25) is 0 Å². The molecule has 0 fully saturated rings. The van der Waals surface area contributed by atoms with Gasteiger partial charge >= 0.3 is 0 Å². The van der Waals surface area contributed by atoms with Gasteiger partial charge in [0.05, 0.1) is 11.0 Å². The first-order valence-electron chi connectivity index (χ1n) is 22.8. The Balaban J connectivity index is 0.987. The minimum Gasteiger partial charge on any atom is -0.310 e. The predicted molar refractivity (Wildman–Crippen MR) is 282 cm³/mol. The number of hydrogen-bond acceptors (Lipinski definition) is 1. The SMILES string of the molecule is c1ccc(-n2c3ccccc3c3cc(N(c4ccc(-c5cccc6ccccc56)cc4)c4ccc(-c5c6ccccc6c(-c6cccc7ccccc67)c6ccccc56)cc4)ccc32)cc1. The Morgan fingerprint density at radius 1 is 0.258 bits per heavy atom. The molecular formula is C64H42N2. The van der Waals surface area contributed by atoms with Crippen molar-refractivity contribution in [3.8, 4) is 39.1 Å². The first-order chi connectivity index (χ1) is 32.8. The Hall–Kier alpha value is -8.72. The lowest BCUT2D eigenvalue weighted by Crippen LogP contribution is -2.10. The number of nitrogens with zero attached hydrogens (tertiary/aromatic N) is 2. The highest BCUT2D eigenvalue weighted by Gasteiger charge is 2.21. The molecule has 0 atom stereocenters. The third-order valence-corrected chi connectivity index (χ3v) is 13.6. The molecule has 13 aromatic rings. The summed E-state index contributed by atoms with van der Waals surface area (Å²) in [7, 11) is 0. The number of para-hydroxylation sites is 2. The molecule has 0 amide bonds. The van der Waals surface area contributed by atoms with E-state index in [2.05, 4.69) is 264 Å². The van der Waals surface area contributed by atoms with E-state index < -0.39 is 0 Å². The van der Waals surface area contributed by atoms with Crippen LogP contribution in [-0.2, 0) is 0 Å². The van der Waals surface area contributed by atoms with Crippen LogP contribution in [0, 0.1) is 0 Å². The highest BCUT2D eigenvalue weighted by atomic mass is 15.1. The smallest absolute Gasteiger partial charge is 0.0542 e. The molecule has 1 aromatic heterocycles. The number of hydrogen-bond donors (Lipinski definition) is 0. The van der Waals surface area contributed by atoms with E-state index in [1.54, 1.807) is 0 Å². The first kappa shape index (κ1) is 37.8. The fourth-order valence-corrected chi connectivity index (χ4v) is 10.6. The molecule has 0 saturated carbocycles. The van der Waals surface area contributed by atoms with Crippen molar-refractivity contribution < 1.29 is 0 Å². The Morgan fingerprint density at radius 2 is 0.697 bits per heavy atom. The second-order valence-electron chi connectivity index (χ2n) is 17.2. The van der Waals surface area contributed by atoms with Gasteiger partial charge in [0.15, 0.2) is 0 Å². The monoisotopic (exact) mass is 838 g/mol. The molecule has 2 heteroatoms. The topological polar surface area (TPSA) is 8.17 Å². The molecule has 66 heavy (non-hydrogen) atoms. The fourth-order valence-electron chi connectivity index (χ4n) is 10.6. The lowest BCUT2D eigenvalue weighted by Gasteiger charge is -2.26. The van der Waals surface area contributed by atoms with Crippen LogP contribution in [0.25, 0.3) is 104 Å². The molecule has 0 aliphatic heterocycles. The van der Waals surface area contributed by atoms with Gasteiger partial charge in [-0.2, -0.15) is 0 Å². The molecule has 0 N–H and O–H groups in total. The molecule has 13 rings (SSSR count). The Bertz CT molecular complexity index is 3910. The maximum atomic E-state index is 2.41. The molecule has 0 bridgehead atoms. The average molecular weight is 839 g/mol. The second-order valence-corrected chi connectivity index (χ2v) is 17.2. The lowest BCUT2D eigenvalue weighted by atomic mass is 9.85. The first-order valence-corrected chi connectivity index (χ1v) is 22.8. The minimum absolute atomic E-state index is 1.09. The van der Waals surface area contributed by atoms with Gasteiger partial charge in [-0.05, 0) is 137 Å². The third-order valence-electron chi connectivity index (χ3n) is 13.6. The number of fused-ring (bicyclic) bond motifs is 7. The summed E-state index contributed by atoms with van der Waals surface area (Å²) in [5.41, 5.74) is 14.2. The zero-order chi connectivity index (χ0) is 43.6. The third kappa shape index (κ3) is 6.11. The van der Waals surface area contributed by atoms with Crippen molar-refractivity contribution in [2.75, 3.05) is 4.90 Å². The van der Waals surface area contributed by atoms with Crippen molar-refractivity contribution in [1.82, 2.24) is 4.57 Å². The summed E-state index contributed by atoms with van der Waals surface area (Å²) >= 11 is 0. The molecule has 0 aliphatic rings. The van der Waals surface area contributed by atoms with E-state index in [-0.39, 0.29) is 0 Å². The number of benzene rings is 12. The zero-order valence-electron chi connectivity index (χ0n) is 36.1. The van der Waals surface area contributed by atoms with Crippen LogP contribution in [0.1, 0.15) is 0 Å². The van der Waals surface area contributed by atoms with Crippen LogP contribution in [0.3, 0.4) is 0 Å². The summed E-state index contributed by atoms with van der Waals surface area (Å²) in [6, 6.07) is 93.2. The van der Waals surface area contributed by atoms with Crippen LogP contribution < -0.4 is 4.90 Å². The van der Waals surface area contributed by atoms with Crippen molar-refractivity contribution in [2.45, 2.75) is 0 Å². The zero-order valence-corrected chi connectivity index (χ0v) is 36.1. The number of rotatable bonds is 7. The van der Waals surface area contributed by atoms with Gasteiger partial charge < -0.3 is 9.47 Å². The van der Waals surface area contributed by atoms with Crippen LogP contribution in [0.5, 0.6) is 0 Å². The van der Waals surface area contributed by atoms with Gasteiger partial charge in [-0.3, -0.25) is 0 Å². The van der Waals surface area contributed by atoms with Crippen LogP contribution in [0.2, 0.25) is 0 Å². The highest BCUT2D eigenvalue weighted by molar-refractivity contribution is 6.23. The summed E-state index contributed by atoms with van der Waals surface area (Å²) in [5, 5.41) is 12.4. The van der Waals surface area contributed by atoms with Crippen LogP contribution in [0.4, 0.5) is 17.1 Å². The van der Waals surface area contributed by atoms with Crippen molar-refractivity contribution >= 4 is 82.0 Å². The summed E-state index contributed by atoms with van der Waals surface area (Å²) in [6.07, 6.45) is 0. The molecule has 0 radical (unpaired) electrons. The molecule has 1 heterocycles. The summed E-state index contributed by atoms with van der Waals surface area (Å²) in [4.78, 5) is 2.41. The van der Waals surface area contributed by atoms with E-state index in [1.807, 2.05) is 0 Å². The highest BCUT2D eigenvalue weighted by Crippen LogP contribution is 2.47. The van der Waals surface area contributed by atoms with E-state index in [1.165, 1.54) is 98.3 Å². The summed E-state index contributed by atoms with van der Waals surface area (Å²) in [5.74, 6) is 0. The van der Waals surface area contributed by atoms with Gasteiger partial charge in [-0.25, -0.2) is 0 Å². The predicted octanol–water partition coefficient (Wildman–Crippen LogP) is 17.9. The van der Waals surface area contributed by atoms with E-state index in [9.17, 15) is 0 Å². The normalized spacial score (nSPS) is 11.6. The maximum absolute atomic E-state index is 2.41. The largest absolute Gasteiger partial charge is 0.310 e. The quantitative estimate of drug-likeness (QED) is 0.145. The summed E-state index contributed by atoms with van der Waals surface area (Å²) < 4.78 is 2.38. The number of anilines is 3. The molecule has 0 unspecified atom stereocenters. The second kappa shape index (κ2) is 15.5. The Kier molecular flexibility index (Phi) is 8.89. The van der Waals surface area contributed by atoms with E-state index in [4.69, 9.17) is 0 Å². The van der Waals surface area contributed by atoms with Crippen molar-refractivity contribution in [3.63, 3.8) is 0 Å². The fraction of sp³-hybridized carbons (Fsp3) is 0. The molecule has 308 valence electrons. The van der Waals surface area contributed by atoms with Gasteiger partial charge in [0.1, 0.15) is 0 Å². The van der Waals surface area contributed by atoms with Crippen molar-refractivity contribution in [2.24, 2.45) is 0 Å². The number of aromatic nitrogens is 1. The molecular weight excluding hydrogens is 797 g/mol. The molecule has 0 spiro atoms. The van der Waals surface area contributed by atoms with E-state index in [0.29, 0.717) is 0 Å². The Labute approximate surface area is 383 Å². The van der Waals surface area contributed by atoms with Crippen LogP contribution >= 0.6 is 0 Å². The van der Waals surface area contributed by atoms with Gasteiger partial charge in [-0.1, -0.05) is 194 Å². The lowest BCUT2D eigenvalue weighted by molar-refractivity contribution is 1.18. The van der Waals surface area contributed by atoms with Crippen molar-refractivity contribution in [1.29, 1.82) is 0 Å². The average Bonchev–Trinajstić information content (AvgIpc) is 3.72. The summed E-state index contributed by atoms with van der Waals surface area (Å²) in [6.45, 7) is 0. The van der Waals surface area contributed by atoms with Gasteiger partial charge in [-0.15, -0.1) is 0 Å². The minimum atomic E-state index is 1.09. The molecule has 12 aromatic carbocycles. The maximum Gasteiger partial charge on any atom is 0.0542 e. The van der Waals surface area contributed by atoms with Crippen molar-refractivity contribution in [3.05, 3.63) is 255 Å². The molecule has 0 aliphatic carbocycles. The van der Waals surface area contributed by atoms with Crippen LogP contribution in [-0.4, -0.2) is 4.57 Å². The van der Waals surface area contributed by atoms with E-state index in [0.717, 1.165) is 22.7 Å². The van der Waals surface area contributed by atoms with E-state index >= 15 is 0 Å². The Morgan fingerprint density at radius 3 is 1.32 bits per heavy atom.